The van der Waals surface area contributed by atoms with Crippen molar-refractivity contribution < 1.29 is 27.5 Å². The Morgan fingerprint density at radius 2 is 1.69 bits per heavy atom. The molecule has 0 aromatic heterocycles. The van der Waals surface area contributed by atoms with Crippen LogP contribution in [0.2, 0.25) is 0 Å². The van der Waals surface area contributed by atoms with Gasteiger partial charge < -0.3 is 14.8 Å². The molecule has 1 aromatic rings. The van der Waals surface area contributed by atoms with Crippen LogP contribution in [0.1, 0.15) is 51.4 Å². The van der Waals surface area contributed by atoms with Gasteiger partial charge in [-0.05, 0) is 43.9 Å². The van der Waals surface area contributed by atoms with Gasteiger partial charge in [0.2, 0.25) is 10.0 Å². The van der Waals surface area contributed by atoms with Crippen LogP contribution in [0.5, 0.6) is 5.75 Å². The van der Waals surface area contributed by atoms with E-state index in [2.05, 4.69) is 26.1 Å². The third-order valence-corrected chi connectivity index (χ3v) is 5.78. The molecule has 164 valence electrons. The van der Waals surface area contributed by atoms with Crippen molar-refractivity contribution in [3.05, 3.63) is 23.8 Å². The van der Waals surface area contributed by atoms with Gasteiger partial charge in [-0.3, -0.25) is 4.79 Å². The minimum absolute atomic E-state index is 0.00739. The number of carbonyl (C=O) groups excluding carboxylic acids is 2. The zero-order valence-electron chi connectivity index (χ0n) is 18.5. The van der Waals surface area contributed by atoms with E-state index in [1.54, 1.807) is 0 Å². The first-order valence-corrected chi connectivity index (χ1v) is 10.6. The Kier molecular flexibility index (Phi) is 7.84. The van der Waals surface area contributed by atoms with Gasteiger partial charge in [0.15, 0.2) is 6.61 Å². The van der Waals surface area contributed by atoms with Crippen molar-refractivity contribution in [3.8, 4) is 5.75 Å². The Morgan fingerprint density at radius 1 is 1.10 bits per heavy atom. The molecule has 0 aliphatic rings. The number of methoxy groups -OCH3 is 1. The Labute approximate surface area is 173 Å². The fraction of sp³-hybridized carbons (Fsp3) is 0.600. The maximum absolute atomic E-state index is 12.5. The number of nitrogens with one attached hydrogen (secondary N) is 1. The third-order valence-electron chi connectivity index (χ3n) is 3.94. The molecule has 1 amide bonds. The van der Waals surface area contributed by atoms with Crippen LogP contribution in [0.4, 0.5) is 0 Å². The Balaban J connectivity index is 2.89. The summed E-state index contributed by atoms with van der Waals surface area (Å²) in [5.74, 6) is -1.12. The van der Waals surface area contributed by atoms with Gasteiger partial charge in [0.05, 0.1) is 12.7 Å². The zero-order valence-corrected chi connectivity index (χ0v) is 19.3. The lowest BCUT2D eigenvalue weighted by molar-refractivity contribution is -0.126. The van der Waals surface area contributed by atoms with E-state index in [1.807, 2.05) is 13.8 Å². The highest BCUT2D eigenvalue weighted by molar-refractivity contribution is 7.89. The number of amides is 1. The second-order valence-electron chi connectivity index (χ2n) is 8.90. The largest absolute Gasteiger partial charge is 0.495 e. The lowest BCUT2D eigenvalue weighted by atomic mass is 9.82. The van der Waals surface area contributed by atoms with Crippen molar-refractivity contribution in [2.45, 2.75) is 51.5 Å². The van der Waals surface area contributed by atoms with Crippen molar-refractivity contribution in [2.24, 2.45) is 5.41 Å². The van der Waals surface area contributed by atoms with Gasteiger partial charge in [-0.25, -0.2) is 17.5 Å². The molecule has 0 fully saturated rings. The molecule has 0 spiro atoms. The van der Waals surface area contributed by atoms with E-state index in [0.717, 1.165) is 10.7 Å². The topological polar surface area (TPSA) is 102 Å². The van der Waals surface area contributed by atoms with E-state index < -0.39 is 34.0 Å². The highest BCUT2D eigenvalue weighted by atomic mass is 32.2. The number of nitrogens with zero attached hydrogens (tertiary/aromatic N) is 1. The summed E-state index contributed by atoms with van der Waals surface area (Å²) in [6.07, 6.45) is 0.740. The quantitative estimate of drug-likeness (QED) is 0.638. The van der Waals surface area contributed by atoms with Gasteiger partial charge in [-0.15, -0.1) is 0 Å². The maximum atomic E-state index is 12.5. The number of ether oxygens (including phenoxy) is 2. The molecule has 1 rings (SSSR count). The van der Waals surface area contributed by atoms with Crippen LogP contribution in [0.3, 0.4) is 0 Å². The molecule has 0 radical (unpaired) electrons. The summed E-state index contributed by atoms with van der Waals surface area (Å²) in [7, 11) is 0.269. The van der Waals surface area contributed by atoms with E-state index in [-0.39, 0.29) is 21.6 Å². The van der Waals surface area contributed by atoms with Gasteiger partial charge in [-0.1, -0.05) is 20.8 Å². The Morgan fingerprint density at radius 3 is 2.17 bits per heavy atom. The average molecular weight is 429 g/mol. The van der Waals surface area contributed by atoms with Gasteiger partial charge in [0.25, 0.3) is 5.91 Å². The molecule has 1 N–H and O–H groups in total. The molecule has 0 heterocycles. The Bertz CT molecular complexity index is 854. The molecule has 9 heteroatoms. The van der Waals surface area contributed by atoms with E-state index >= 15 is 0 Å². The average Bonchev–Trinajstić information content (AvgIpc) is 2.56. The standard InChI is InChI=1S/C20H32N2O6S/c1-19(2,3)13-20(4,5)21-17(23)12-28-18(24)14-9-10-15(27-8)16(11-14)29(25,26)22(6)7/h9-11H,12-13H2,1-8H3,(H,21,23). The fourth-order valence-electron chi connectivity index (χ4n) is 3.20. The second kappa shape index (κ2) is 9.13. The van der Waals surface area contributed by atoms with Crippen LogP contribution in [-0.2, 0) is 19.6 Å². The lowest BCUT2D eigenvalue weighted by Gasteiger charge is -2.33. The van der Waals surface area contributed by atoms with Crippen molar-refractivity contribution >= 4 is 21.9 Å². The third kappa shape index (κ3) is 7.32. The number of rotatable bonds is 8. The number of sulfonamides is 1. The molecular formula is C20H32N2O6S. The van der Waals surface area contributed by atoms with Crippen molar-refractivity contribution in [2.75, 3.05) is 27.8 Å². The normalized spacial score (nSPS) is 12.6. The van der Waals surface area contributed by atoms with Crippen LogP contribution in [0.15, 0.2) is 23.1 Å². The van der Waals surface area contributed by atoms with E-state index in [1.165, 1.54) is 39.4 Å². The second-order valence-corrected chi connectivity index (χ2v) is 11.0. The molecule has 0 unspecified atom stereocenters. The molecular weight excluding hydrogens is 396 g/mol. The van der Waals surface area contributed by atoms with Gasteiger partial charge in [0, 0.05) is 19.6 Å². The number of hydrogen-bond acceptors (Lipinski definition) is 6. The molecule has 0 aliphatic heterocycles. The maximum Gasteiger partial charge on any atom is 0.338 e. The highest BCUT2D eigenvalue weighted by Crippen LogP contribution is 2.28. The monoisotopic (exact) mass is 428 g/mol. The fourth-order valence-corrected chi connectivity index (χ4v) is 4.27. The number of carbonyl (C=O) groups is 2. The van der Waals surface area contributed by atoms with Crippen molar-refractivity contribution in [3.63, 3.8) is 0 Å². The summed E-state index contributed by atoms with van der Waals surface area (Å²) >= 11 is 0. The molecule has 29 heavy (non-hydrogen) atoms. The number of hydrogen-bond donors (Lipinski definition) is 1. The van der Waals surface area contributed by atoms with Crippen molar-refractivity contribution in [1.82, 2.24) is 9.62 Å². The smallest absolute Gasteiger partial charge is 0.338 e. The first-order chi connectivity index (χ1) is 13.1. The molecule has 8 nitrogen and oxygen atoms in total. The first-order valence-electron chi connectivity index (χ1n) is 9.18. The van der Waals surface area contributed by atoms with Crippen LogP contribution in [-0.4, -0.2) is 58.0 Å². The highest BCUT2D eigenvalue weighted by Gasteiger charge is 2.28. The van der Waals surface area contributed by atoms with E-state index in [4.69, 9.17) is 9.47 Å². The van der Waals surface area contributed by atoms with Crippen molar-refractivity contribution in [1.29, 1.82) is 0 Å². The molecule has 0 saturated carbocycles. The Hall–Kier alpha value is -2.13. The van der Waals surface area contributed by atoms with Crippen LogP contribution < -0.4 is 10.1 Å². The van der Waals surface area contributed by atoms with Gasteiger partial charge >= 0.3 is 5.97 Å². The summed E-state index contributed by atoms with van der Waals surface area (Å²) in [5, 5.41) is 2.85. The molecule has 0 atom stereocenters. The number of esters is 1. The predicted molar refractivity (Wildman–Crippen MR) is 110 cm³/mol. The van der Waals surface area contributed by atoms with E-state index in [0.29, 0.717) is 0 Å². The number of benzene rings is 1. The minimum atomic E-state index is -3.83. The minimum Gasteiger partial charge on any atom is -0.495 e. The SMILES string of the molecule is COc1ccc(C(=O)OCC(=O)NC(C)(C)CC(C)(C)C)cc1S(=O)(=O)N(C)C. The predicted octanol–water partition coefficient (Wildman–Crippen LogP) is 2.43. The van der Waals surface area contributed by atoms with Gasteiger partial charge in [0.1, 0.15) is 10.6 Å². The van der Waals surface area contributed by atoms with E-state index in [9.17, 15) is 18.0 Å². The van der Waals surface area contributed by atoms with Gasteiger partial charge in [-0.2, -0.15) is 0 Å². The van der Waals surface area contributed by atoms with Crippen LogP contribution in [0, 0.1) is 5.41 Å². The lowest BCUT2D eigenvalue weighted by Crippen LogP contribution is -2.47. The summed E-state index contributed by atoms with van der Waals surface area (Å²) in [5.41, 5.74) is -0.437. The summed E-state index contributed by atoms with van der Waals surface area (Å²) in [6, 6.07) is 3.94. The zero-order chi connectivity index (χ0) is 22.6. The summed E-state index contributed by atoms with van der Waals surface area (Å²) < 4.78 is 36.1. The molecule has 0 bridgehead atoms. The molecule has 0 aliphatic carbocycles. The summed E-state index contributed by atoms with van der Waals surface area (Å²) in [4.78, 5) is 24.4. The summed E-state index contributed by atoms with van der Waals surface area (Å²) in [6.45, 7) is 9.56. The molecule has 0 saturated heterocycles. The van der Waals surface area contributed by atoms with Crippen LogP contribution in [0.25, 0.3) is 0 Å². The van der Waals surface area contributed by atoms with Crippen LogP contribution >= 0.6 is 0 Å². The first kappa shape index (κ1) is 24.9. The molecule has 1 aromatic carbocycles.